The van der Waals surface area contributed by atoms with Crippen molar-refractivity contribution in [1.29, 1.82) is 0 Å². The number of piperidine rings is 1. The van der Waals surface area contributed by atoms with Crippen LogP contribution in [0.5, 0.6) is 0 Å². The van der Waals surface area contributed by atoms with E-state index in [1.807, 2.05) is 4.90 Å². The fraction of sp³-hybridized carbons (Fsp3) is 0.938. The van der Waals surface area contributed by atoms with Gasteiger partial charge in [-0.05, 0) is 38.0 Å². The summed E-state index contributed by atoms with van der Waals surface area (Å²) in [4.78, 5) is 17.1. The fourth-order valence-corrected chi connectivity index (χ4v) is 3.32. The number of hydrogen-bond donors (Lipinski definition) is 1. The van der Waals surface area contributed by atoms with Gasteiger partial charge in [0, 0.05) is 26.2 Å². The zero-order valence-corrected chi connectivity index (χ0v) is 13.8. The van der Waals surface area contributed by atoms with Crippen molar-refractivity contribution in [3.63, 3.8) is 0 Å². The standard InChI is InChI=1S/C16H33N3O/c1-5-10-19(16(6-2,7-3)13-17)15(20)18-11-8-9-14(4)12-18/h14H,5-13,17H2,1-4H3. The highest BCUT2D eigenvalue weighted by atomic mass is 16.2. The van der Waals surface area contributed by atoms with Crippen molar-refractivity contribution in [3.05, 3.63) is 0 Å². The van der Waals surface area contributed by atoms with Crippen molar-refractivity contribution in [2.75, 3.05) is 26.2 Å². The molecule has 20 heavy (non-hydrogen) atoms. The topological polar surface area (TPSA) is 49.6 Å². The maximum absolute atomic E-state index is 13.0. The second-order valence-electron chi connectivity index (χ2n) is 6.26. The average Bonchev–Trinajstić information content (AvgIpc) is 2.47. The maximum atomic E-state index is 13.0. The molecule has 0 aromatic heterocycles. The van der Waals surface area contributed by atoms with Crippen molar-refractivity contribution in [2.45, 2.75) is 65.3 Å². The Hall–Kier alpha value is -0.770. The third kappa shape index (κ3) is 3.66. The van der Waals surface area contributed by atoms with Crippen LogP contribution in [0.15, 0.2) is 0 Å². The van der Waals surface area contributed by atoms with Gasteiger partial charge >= 0.3 is 6.03 Å². The summed E-state index contributed by atoms with van der Waals surface area (Å²) in [5.74, 6) is 0.617. The van der Waals surface area contributed by atoms with Gasteiger partial charge in [0.05, 0.1) is 5.54 Å². The highest BCUT2D eigenvalue weighted by molar-refractivity contribution is 5.75. The first kappa shape index (κ1) is 17.3. The van der Waals surface area contributed by atoms with Crippen molar-refractivity contribution in [3.8, 4) is 0 Å². The molecule has 0 bridgehead atoms. The molecular weight excluding hydrogens is 250 g/mol. The summed E-state index contributed by atoms with van der Waals surface area (Å²) in [5.41, 5.74) is 5.87. The molecule has 0 spiro atoms. The van der Waals surface area contributed by atoms with Crippen molar-refractivity contribution in [2.24, 2.45) is 11.7 Å². The quantitative estimate of drug-likeness (QED) is 0.814. The first-order valence-electron chi connectivity index (χ1n) is 8.31. The van der Waals surface area contributed by atoms with E-state index in [0.717, 1.165) is 45.3 Å². The minimum atomic E-state index is -0.173. The molecule has 1 atom stereocenters. The molecule has 0 aromatic carbocycles. The first-order chi connectivity index (χ1) is 9.54. The Labute approximate surface area is 124 Å². The highest BCUT2D eigenvalue weighted by Crippen LogP contribution is 2.26. The number of likely N-dealkylation sites (tertiary alicyclic amines) is 1. The van der Waals surface area contributed by atoms with Crippen molar-refractivity contribution >= 4 is 6.03 Å². The third-order valence-electron chi connectivity index (χ3n) is 4.87. The summed E-state index contributed by atoms with van der Waals surface area (Å²) in [5, 5.41) is 0. The number of urea groups is 1. The van der Waals surface area contributed by atoms with Gasteiger partial charge in [-0.3, -0.25) is 0 Å². The number of nitrogens with zero attached hydrogens (tertiary/aromatic N) is 2. The Kier molecular flexibility index (Phi) is 6.80. The molecule has 1 heterocycles. The van der Waals surface area contributed by atoms with Gasteiger partial charge in [0.2, 0.25) is 0 Å². The van der Waals surface area contributed by atoms with Gasteiger partial charge in [-0.25, -0.2) is 4.79 Å². The van der Waals surface area contributed by atoms with Crippen LogP contribution in [-0.4, -0.2) is 47.5 Å². The molecule has 4 nitrogen and oxygen atoms in total. The number of carbonyl (C=O) groups is 1. The molecule has 1 saturated heterocycles. The normalized spacial score (nSPS) is 20.1. The molecule has 1 rings (SSSR count). The first-order valence-corrected chi connectivity index (χ1v) is 8.31. The van der Waals surface area contributed by atoms with Crippen LogP contribution < -0.4 is 5.73 Å². The van der Waals surface area contributed by atoms with E-state index in [2.05, 4.69) is 32.6 Å². The summed E-state index contributed by atoms with van der Waals surface area (Å²) in [6.07, 6.45) is 5.20. The number of carbonyl (C=O) groups excluding carboxylic acids is 1. The molecule has 2 amide bonds. The smallest absolute Gasteiger partial charge is 0.320 e. The lowest BCUT2D eigenvalue weighted by Gasteiger charge is -2.46. The van der Waals surface area contributed by atoms with Crippen LogP contribution in [0.4, 0.5) is 4.79 Å². The summed E-state index contributed by atoms with van der Waals surface area (Å²) >= 11 is 0. The third-order valence-corrected chi connectivity index (χ3v) is 4.87. The molecule has 1 unspecified atom stereocenters. The van der Waals surface area contributed by atoms with E-state index in [1.54, 1.807) is 0 Å². The predicted molar refractivity (Wildman–Crippen MR) is 84.7 cm³/mol. The molecule has 1 aliphatic rings. The van der Waals surface area contributed by atoms with Crippen molar-refractivity contribution in [1.82, 2.24) is 9.80 Å². The molecule has 0 saturated carbocycles. The van der Waals surface area contributed by atoms with Gasteiger partial charge in [-0.2, -0.15) is 0 Å². The fourth-order valence-electron chi connectivity index (χ4n) is 3.32. The second-order valence-corrected chi connectivity index (χ2v) is 6.26. The van der Waals surface area contributed by atoms with E-state index in [9.17, 15) is 4.79 Å². The highest BCUT2D eigenvalue weighted by Gasteiger charge is 2.37. The Morgan fingerprint density at radius 1 is 1.35 bits per heavy atom. The van der Waals surface area contributed by atoms with Crippen LogP contribution in [0.3, 0.4) is 0 Å². The van der Waals surface area contributed by atoms with E-state index in [4.69, 9.17) is 5.73 Å². The largest absolute Gasteiger partial charge is 0.328 e. The number of nitrogens with two attached hydrogens (primary N) is 1. The zero-order chi connectivity index (χ0) is 15.2. The number of hydrogen-bond acceptors (Lipinski definition) is 2. The molecule has 1 fully saturated rings. The van der Waals surface area contributed by atoms with E-state index in [-0.39, 0.29) is 11.6 Å². The van der Waals surface area contributed by atoms with E-state index in [0.29, 0.717) is 12.5 Å². The second kappa shape index (κ2) is 7.87. The van der Waals surface area contributed by atoms with Gasteiger partial charge in [-0.15, -0.1) is 0 Å². The minimum absolute atomic E-state index is 0.173. The van der Waals surface area contributed by atoms with Crippen LogP contribution >= 0.6 is 0 Å². The Morgan fingerprint density at radius 2 is 2.00 bits per heavy atom. The molecule has 0 aliphatic carbocycles. The lowest BCUT2D eigenvalue weighted by Crippen LogP contribution is -2.60. The molecule has 0 aromatic rings. The lowest BCUT2D eigenvalue weighted by molar-refractivity contribution is 0.0707. The molecule has 118 valence electrons. The van der Waals surface area contributed by atoms with E-state index >= 15 is 0 Å². The van der Waals surface area contributed by atoms with Crippen LogP contribution in [0.25, 0.3) is 0 Å². The van der Waals surface area contributed by atoms with Gasteiger partial charge < -0.3 is 15.5 Å². The Morgan fingerprint density at radius 3 is 2.45 bits per heavy atom. The van der Waals surface area contributed by atoms with E-state index < -0.39 is 0 Å². The van der Waals surface area contributed by atoms with Gasteiger partial charge in [0.15, 0.2) is 0 Å². The average molecular weight is 283 g/mol. The number of amides is 2. The summed E-state index contributed by atoms with van der Waals surface area (Å²) in [7, 11) is 0. The zero-order valence-electron chi connectivity index (χ0n) is 13.8. The summed E-state index contributed by atoms with van der Waals surface area (Å²) in [6.45, 7) is 11.8. The summed E-state index contributed by atoms with van der Waals surface area (Å²) in [6, 6.07) is 0.201. The van der Waals surface area contributed by atoms with Gasteiger partial charge in [-0.1, -0.05) is 27.7 Å². The molecule has 0 radical (unpaired) electrons. The van der Waals surface area contributed by atoms with Crippen LogP contribution in [0, 0.1) is 5.92 Å². The van der Waals surface area contributed by atoms with Gasteiger partial charge in [0.1, 0.15) is 0 Å². The number of rotatable bonds is 6. The minimum Gasteiger partial charge on any atom is -0.328 e. The lowest BCUT2D eigenvalue weighted by atomic mass is 9.90. The van der Waals surface area contributed by atoms with E-state index in [1.165, 1.54) is 6.42 Å². The molecular formula is C16H33N3O. The van der Waals surface area contributed by atoms with Gasteiger partial charge in [0.25, 0.3) is 0 Å². The van der Waals surface area contributed by atoms with Crippen LogP contribution in [0.1, 0.15) is 59.8 Å². The SMILES string of the molecule is CCCN(C(=O)N1CCCC(C)C1)C(CC)(CC)CN. The Balaban J connectivity index is 2.90. The molecule has 1 aliphatic heterocycles. The molecule has 4 heteroatoms. The van der Waals surface area contributed by atoms with Crippen LogP contribution in [0.2, 0.25) is 0 Å². The molecule has 2 N–H and O–H groups in total. The van der Waals surface area contributed by atoms with Crippen molar-refractivity contribution < 1.29 is 4.79 Å². The predicted octanol–water partition coefficient (Wildman–Crippen LogP) is 3.07. The Bertz CT molecular complexity index is 294. The monoisotopic (exact) mass is 283 g/mol. The summed E-state index contributed by atoms with van der Waals surface area (Å²) < 4.78 is 0. The van der Waals surface area contributed by atoms with Crippen LogP contribution in [-0.2, 0) is 0 Å². The maximum Gasteiger partial charge on any atom is 0.320 e.